The van der Waals surface area contributed by atoms with Gasteiger partial charge in [-0.25, -0.2) is 4.98 Å². The van der Waals surface area contributed by atoms with Gasteiger partial charge in [-0.2, -0.15) is 0 Å². The zero-order valence-corrected chi connectivity index (χ0v) is 8.00. The first-order chi connectivity index (χ1) is 6.27. The number of rotatable bonds is 2. The van der Waals surface area contributed by atoms with Gasteiger partial charge in [0.1, 0.15) is 0 Å². The van der Waals surface area contributed by atoms with Gasteiger partial charge in [-0.15, -0.1) is 11.3 Å². The molecule has 1 aliphatic rings. The summed E-state index contributed by atoms with van der Waals surface area (Å²) in [7, 11) is -1.38. The summed E-state index contributed by atoms with van der Waals surface area (Å²) in [6, 6.07) is 0. The average molecular weight is 198 g/mol. The van der Waals surface area contributed by atoms with Crippen molar-refractivity contribution in [2.24, 2.45) is 0 Å². The number of aromatic nitrogens is 1. The number of thiazole rings is 1. The molecule has 1 aliphatic heterocycles. The van der Waals surface area contributed by atoms with Gasteiger partial charge in [-0.05, 0) is 12.8 Å². The van der Waals surface area contributed by atoms with Crippen molar-refractivity contribution < 1.29 is 10.0 Å². The molecule has 0 aliphatic carbocycles. The molecule has 0 atom stereocenters. The van der Waals surface area contributed by atoms with Gasteiger partial charge in [-0.1, -0.05) is 0 Å². The Kier molecular flexibility index (Phi) is 2.52. The van der Waals surface area contributed by atoms with Crippen LogP contribution in [-0.4, -0.2) is 35.2 Å². The van der Waals surface area contributed by atoms with Crippen LogP contribution in [0.3, 0.4) is 0 Å². The topological polar surface area (TPSA) is 56.6 Å². The summed E-state index contributed by atoms with van der Waals surface area (Å²) in [5.74, 6) is 0. The predicted molar refractivity (Wildman–Crippen MR) is 53.4 cm³/mol. The van der Waals surface area contributed by atoms with Crippen LogP contribution in [0.4, 0.5) is 5.13 Å². The molecule has 2 N–H and O–H groups in total. The third-order valence-electron chi connectivity index (χ3n) is 2.14. The van der Waals surface area contributed by atoms with E-state index in [0.717, 1.165) is 18.2 Å². The number of hydrogen-bond donors (Lipinski definition) is 2. The first kappa shape index (κ1) is 8.99. The lowest BCUT2D eigenvalue weighted by molar-refractivity contribution is 0.427. The molecule has 0 amide bonds. The highest BCUT2D eigenvalue weighted by Gasteiger charge is 2.19. The highest BCUT2D eigenvalue weighted by Crippen LogP contribution is 2.20. The van der Waals surface area contributed by atoms with Crippen LogP contribution in [0.5, 0.6) is 0 Å². The van der Waals surface area contributed by atoms with Crippen LogP contribution in [0.1, 0.15) is 12.8 Å². The van der Waals surface area contributed by atoms with Gasteiger partial charge in [0.2, 0.25) is 0 Å². The molecular formula is C7H11BN2O2S. The van der Waals surface area contributed by atoms with Gasteiger partial charge in [0, 0.05) is 19.3 Å². The molecular weight excluding hydrogens is 187 g/mol. The van der Waals surface area contributed by atoms with E-state index in [2.05, 4.69) is 9.88 Å². The van der Waals surface area contributed by atoms with Crippen LogP contribution in [0.2, 0.25) is 0 Å². The second-order valence-electron chi connectivity index (χ2n) is 3.11. The monoisotopic (exact) mass is 198 g/mol. The van der Waals surface area contributed by atoms with Crippen LogP contribution in [0, 0.1) is 0 Å². The molecule has 6 heteroatoms. The maximum Gasteiger partial charge on any atom is 0.500 e. The SMILES string of the molecule is OB(O)c1cnc(N2CCCC2)s1. The van der Waals surface area contributed by atoms with Gasteiger partial charge in [0.05, 0.1) is 4.78 Å². The summed E-state index contributed by atoms with van der Waals surface area (Å²) in [5, 5.41) is 18.7. The van der Waals surface area contributed by atoms with Crippen molar-refractivity contribution >= 4 is 28.4 Å². The third-order valence-corrected chi connectivity index (χ3v) is 3.24. The highest BCUT2D eigenvalue weighted by molar-refractivity contribution is 7.24. The lowest BCUT2D eigenvalue weighted by Gasteiger charge is -2.11. The summed E-state index contributed by atoms with van der Waals surface area (Å²) in [6.07, 6.45) is 3.94. The molecule has 0 saturated carbocycles. The molecule has 1 saturated heterocycles. The van der Waals surface area contributed by atoms with Crippen molar-refractivity contribution in [2.45, 2.75) is 12.8 Å². The van der Waals surface area contributed by atoms with Crippen molar-refractivity contribution in [1.82, 2.24) is 4.98 Å². The van der Waals surface area contributed by atoms with Crippen LogP contribution >= 0.6 is 11.3 Å². The van der Waals surface area contributed by atoms with E-state index in [0.29, 0.717) is 4.78 Å². The highest BCUT2D eigenvalue weighted by atomic mass is 32.1. The van der Waals surface area contributed by atoms with Gasteiger partial charge in [0.25, 0.3) is 0 Å². The fourth-order valence-corrected chi connectivity index (χ4v) is 2.29. The predicted octanol–water partition coefficient (Wildman–Crippen LogP) is -0.577. The molecule has 1 aromatic heterocycles. The van der Waals surface area contributed by atoms with E-state index in [1.807, 2.05) is 0 Å². The van der Waals surface area contributed by atoms with E-state index < -0.39 is 7.12 Å². The van der Waals surface area contributed by atoms with Crippen LogP contribution in [-0.2, 0) is 0 Å². The maximum absolute atomic E-state index is 8.89. The van der Waals surface area contributed by atoms with Gasteiger partial charge >= 0.3 is 7.12 Å². The van der Waals surface area contributed by atoms with Crippen LogP contribution < -0.4 is 9.68 Å². The number of nitrogens with zero attached hydrogens (tertiary/aromatic N) is 2. The van der Waals surface area contributed by atoms with Crippen molar-refractivity contribution in [2.75, 3.05) is 18.0 Å². The molecule has 0 unspecified atom stereocenters. The van der Waals surface area contributed by atoms with E-state index in [-0.39, 0.29) is 0 Å². The molecule has 0 bridgehead atoms. The smallest absolute Gasteiger partial charge is 0.423 e. The molecule has 2 heterocycles. The van der Waals surface area contributed by atoms with Crippen LogP contribution in [0.15, 0.2) is 6.20 Å². The number of anilines is 1. The zero-order valence-electron chi connectivity index (χ0n) is 7.18. The molecule has 4 nitrogen and oxygen atoms in total. The maximum atomic E-state index is 8.89. The molecule has 1 fully saturated rings. The van der Waals surface area contributed by atoms with Crippen molar-refractivity contribution in [1.29, 1.82) is 0 Å². The summed E-state index contributed by atoms with van der Waals surface area (Å²) >= 11 is 1.35. The van der Waals surface area contributed by atoms with E-state index in [4.69, 9.17) is 10.0 Å². The van der Waals surface area contributed by atoms with Crippen LogP contribution in [0.25, 0.3) is 0 Å². The molecule has 0 spiro atoms. The fraction of sp³-hybridized carbons (Fsp3) is 0.571. The Bertz CT molecular complexity index is 286. The minimum absolute atomic E-state index is 0.516. The van der Waals surface area contributed by atoms with Crippen molar-refractivity contribution in [3.63, 3.8) is 0 Å². The Morgan fingerprint density at radius 2 is 2.08 bits per heavy atom. The van der Waals surface area contributed by atoms with Crippen molar-refractivity contribution in [3.8, 4) is 0 Å². The standard InChI is InChI=1S/C7H11BN2O2S/c11-8(12)6-5-9-7(13-6)10-3-1-2-4-10/h5,11-12H,1-4H2. The summed E-state index contributed by atoms with van der Waals surface area (Å²) in [5.41, 5.74) is 0. The average Bonchev–Trinajstić information content (AvgIpc) is 2.75. The van der Waals surface area contributed by atoms with Crippen molar-refractivity contribution in [3.05, 3.63) is 6.20 Å². The Hall–Kier alpha value is -0.585. The number of hydrogen-bond acceptors (Lipinski definition) is 5. The Labute approximate surface area is 81.0 Å². The second kappa shape index (κ2) is 3.65. The Morgan fingerprint density at radius 3 is 2.62 bits per heavy atom. The van der Waals surface area contributed by atoms with E-state index in [1.165, 1.54) is 30.4 Å². The first-order valence-electron chi connectivity index (χ1n) is 4.34. The molecule has 70 valence electrons. The summed E-state index contributed by atoms with van der Waals surface area (Å²) < 4.78 is 0.516. The third kappa shape index (κ3) is 1.85. The van der Waals surface area contributed by atoms with E-state index in [1.54, 1.807) is 0 Å². The second-order valence-corrected chi connectivity index (χ2v) is 4.15. The molecule has 1 aromatic rings. The zero-order chi connectivity index (χ0) is 9.26. The lowest BCUT2D eigenvalue weighted by Crippen LogP contribution is -2.26. The Balaban J connectivity index is 2.12. The van der Waals surface area contributed by atoms with E-state index in [9.17, 15) is 0 Å². The molecule has 13 heavy (non-hydrogen) atoms. The fourth-order valence-electron chi connectivity index (χ4n) is 1.45. The summed E-state index contributed by atoms with van der Waals surface area (Å²) in [6.45, 7) is 2.07. The van der Waals surface area contributed by atoms with Gasteiger partial charge in [-0.3, -0.25) is 0 Å². The summed E-state index contributed by atoms with van der Waals surface area (Å²) in [4.78, 5) is 6.32. The molecule has 0 radical (unpaired) electrons. The largest absolute Gasteiger partial charge is 0.500 e. The minimum atomic E-state index is -1.38. The first-order valence-corrected chi connectivity index (χ1v) is 5.16. The molecule has 2 rings (SSSR count). The quantitative estimate of drug-likeness (QED) is 0.624. The molecule has 0 aromatic carbocycles. The normalized spacial score (nSPS) is 16.6. The van der Waals surface area contributed by atoms with Gasteiger partial charge < -0.3 is 14.9 Å². The minimum Gasteiger partial charge on any atom is -0.423 e. The lowest BCUT2D eigenvalue weighted by atomic mass is 9.91. The Morgan fingerprint density at radius 1 is 1.38 bits per heavy atom. The van der Waals surface area contributed by atoms with Gasteiger partial charge in [0.15, 0.2) is 5.13 Å². The van der Waals surface area contributed by atoms with E-state index >= 15 is 0 Å².